The van der Waals surface area contributed by atoms with E-state index in [4.69, 9.17) is 18.9 Å². The molecule has 1 unspecified atom stereocenters. The first-order valence-corrected chi connectivity index (χ1v) is 18.0. The normalized spacial score (nSPS) is 16.2. The molecule has 0 aliphatic carbocycles. The predicted molar refractivity (Wildman–Crippen MR) is 164 cm³/mol. The summed E-state index contributed by atoms with van der Waals surface area (Å²) < 4.78 is 68.8. The van der Waals surface area contributed by atoms with Crippen LogP contribution in [0.4, 0.5) is 0 Å². The van der Waals surface area contributed by atoms with Crippen LogP contribution in [-0.2, 0) is 45.3 Å². The third kappa shape index (κ3) is 8.42. The van der Waals surface area contributed by atoms with Crippen LogP contribution < -0.4 is 9.47 Å². The van der Waals surface area contributed by atoms with Crippen molar-refractivity contribution in [1.29, 1.82) is 0 Å². The van der Waals surface area contributed by atoms with E-state index < -0.39 is 62.4 Å². The minimum Gasteiger partial charge on any atom is -0.508 e. The van der Waals surface area contributed by atoms with Gasteiger partial charge < -0.3 is 29.0 Å². The highest BCUT2D eigenvalue weighted by Crippen LogP contribution is 2.40. The van der Waals surface area contributed by atoms with Crippen molar-refractivity contribution < 1.29 is 50.5 Å². The van der Waals surface area contributed by atoms with Gasteiger partial charge in [-0.15, -0.1) is 6.58 Å². The number of sulfone groups is 2. The lowest BCUT2D eigenvalue weighted by Crippen LogP contribution is -2.28. The van der Waals surface area contributed by atoms with E-state index in [1.165, 1.54) is 30.5 Å². The molecule has 236 valence electrons. The molecule has 2 aromatic carbocycles. The monoisotopic (exact) mass is 711 g/mol. The van der Waals surface area contributed by atoms with Crippen LogP contribution in [0, 0.1) is 0 Å². The maximum atomic E-state index is 13.5. The van der Waals surface area contributed by atoms with Crippen molar-refractivity contribution in [2.24, 2.45) is 0 Å². The second-order valence-corrected chi connectivity index (χ2v) is 15.5. The lowest BCUT2D eigenvalue weighted by molar-refractivity contribution is -0.142. The summed E-state index contributed by atoms with van der Waals surface area (Å²) in [4.78, 5) is 28.6. The van der Waals surface area contributed by atoms with Crippen molar-refractivity contribution in [3.8, 4) is 17.2 Å². The van der Waals surface area contributed by atoms with E-state index in [2.05, 4.69) is 22.5 Å². The van der Waals surface area contributed by atoms with Gasteiger partial charge in [-0.2, -0.15) is 0 Å². The molecule has 0 spiro atoms. The third-order valence-electron chi connectivity index (χ3n) is 6.56. The van der Waals surface area contributed by atoms with E-state index in [9.17, 15) is 31.5 Å². The summed E-state index contributed by atoms with van der Waals surface area (Å²) in [5, 5.41) is 10.4. The Morgan fingerprint density at radius 3 is 2.18 bits per heavy atom. The van der Waals surface area contributed by atoms with Crippen molar-refractivity contribution in [1.82, 2.24) is 4.90 Å². The standard InChI is InChI=1S/C29H30BrNO11S2/c1-4-25-21-13-20(32)6-5-18(21)11-22(28(33)39-7-9-43(2,35)36)23(29(34)40-8-10-44(3,37)38)16-31(25)15-19-12-26-27(14-24(19)30)42-17-41-26/h4-6,11-14,16,25,32H,1,7-10,15,17H2,2-3H3. The van der Waals surface area contributed by atoms with Crippen molar-refractivity contribution in [3.05, 3.63) is 81.5 Å². The number of carbonyl (C=O) groups excluding carboxylic acids is 2. The number of halogens is 1. The largest absolute Gasteiger partial charge is 0.508 e. The quantitative estimate of drug-likeness (QED) is 0.268. The molecule has 44 heavy (non-hydrogen) atoms. The Kier molecular flexibility index (Phi) is 10.1. The fourth-order valence-corrected chi connectivity index (χ4v) is 5.64. The number of hydrogen-bond acceptors (Lipinski definition) is 12. The number of rotatable bonds is 11. The number of ether oxygens (including phenoxy) is 4. The highest BCUT2D eigenvalue weighted by molar-refractivity contribution is 9.10. The van der Waals surface area contributed by atoms with E-state index >= 15 is 0 Å². The van der Waals surface area contributed by atoms with Gasteiger partial charge in [0.1, 0.15) is 19.0 Å². The third-order valence-corrected chi connectivity index (χ3v) is 9.12. The molecule has 1 atom stereocenters. The highest BCUT2D eigenvalue weighted by Gasteiger charge is 2.31. The molecular weight excluding hydrogens is 682 g/mol. The zero-order valence-electron chi connectivity index (χ0n) is 23.8. The van der Waals surface area contributed by atoms with Crippen LogP contribution in [0.3, 0.4) is 0 Å². The Morgan fingerprint density at radius 1 is 1.00 bits per heavy atom. The first-order valence-electron chi connectivity index (χ1n) is 13.1. The number of carbonyl (C=O) groups is 2. The van der Waals surface area contributed by atoms with E-state index in [0.717, 1.165) is 12.5 Å². The molecule has 0 fully saturated rings. The number of benzene rings is 2. The minimum atomic E-state index is -3.47. The lowest BCUT2D eigenvalue weighted by atomic mass is 9.92. The fourth-order valence-electron chi connectivity index (χ4n) is 4.42. The number of phenols is 1. The fraction of sp³-hybridized carbons (Fsp3) is 0.310. The molecule has 2 aliphatic heterocycles. The van der Waals surface area contributed by atoms with Gasteiger partial charge in [-0.25, -0.2) is 26.4 Å². The van der Waals surface area contributed by atoms with Crippen LogP contribution in [-0.4, -0.2) is 82.8 Å². The zero-order chi connectivity index (χ0) is 32.2. The molecular formula is C29H30BrNO11S2. The summed E-state index contributed by atoms with van der Waals surface area (Å²) in [6, 6.07) is 7.26. The predicted octanol–water partition coefficient (Wildman–Crippen LogP) is 3.07. The molecule has 2 aliphatic rings. The maximum Gasteiger partial charge on any atom is 0.340 e. The second kappa shape index (κ2) is 13.4. The molecule has 4 rings (SSSR count). The molecule has 12 nitrogen and oxygen atoms in total. The van der Waals surface area contributed by atoms with Gasteiger partial charge in [-0.05, 0) is 47.0 Å². The molecule has 0 aromatic heterocycles. The Bertz CT molecular complexity index is 1770. The molecule has 1 N–H and O–H groups in total. The Balaban J connectivity index is 1.85. The average Bonchev–Trinajstić information content (AvgIpc) is 3.36. The van der Waals surface area contributed by atoms with E-state index in [1.54, 1.807) is 23.1 Å². The smallest absolute Gasteiger partial charge is 0.340 e. The number of phenolic OH excluding ortho intramolecular Hbond substituents is 1. The van der Waals surface area contributed by atoms with Gasteiger partial charge in [0.05, 0.1) is 28.7 Å². The molecule has 15 heteroatoms. The van der Waals surface area contributed by atoms with Crippen LogP contribution in [0.2, 0.25) is 0 Å². The van der Waals surface area contributed by atoms with Crippen molar-refractivity contribution >= 4 is 53.6 Å². The number of nitrogens with zero attached hydrogens (tertiary/aromatic N) is 1. The van der Waals surface area contributed by atoms with Gasteiger partial charge in [-0.1, -0.05) is 28.1 Å². The number of esters is 2. The first kappa shape index (κ1) is 33.1. The van der Waals surface area contributed by atoms with Gasteiger partial charge in [0.2, 0.25) is 6.79 Å². The summed E-state index contributed by atoms with van der Waals surface area (Å²) in [5.74, 6) is -1.94. The maximum absolute atomic E-state index is 13.5. The zero-order valence-corrected chi connectivity index (χ0v) is 27.0. The summed E-state index contributed by atoms with van der Waals surface area (Å²) in [6.45, 7) is 3.17. The van der Waals surface area contributed by atoms with E-state index in [-0.39, 0.29) is 30.2 Å². The molecule has 0 saturated heterocycles. The summed E-state index contributed by atoms with van der Waals surface area (Å²) in [7, 11) is -6.94. The molecule has 0 saturated carbocycles. The van der Waals surface area contributed by atoms with Crippen molar-refractivity contribution in [2.75, 3.05) is 44.0 Å². The van der Waals surface area contributed by atoms with Crippen molar-refractivity contribution in [2.45, 2.75) is 12.6 Å². The number of fused-ring (bicyclic) bond motifs is 2. The van der Waals surface area contributed by atoms with Gasteiger partial charge >= 0.3 is 11.9 Å². The SMILES string of the molecule is C=CC1c2cc(O)ccc2C=C(C(=O)OCCS(C)(=O)=O)C(C(=O)OCCS(C)(=O)=O)=CN1Cc1cc2c(cc1Br)OCO2. The summed E-state index contributed by atoms with van der Waals surface area (Å²) in [5.41, 5.74) is 1.11. The van der Waals surface area contributed by atoms with Gasteiger partial charge in [0.25, 0.3) is 0 Å². The topological polar surface area (TPSA) is 163 Å². The Morgan fingerprint density at radius 2 is 1.59 bits per heavy atom. The van der Waals surface area contributed by atoms with Crippen molar-refractivity contribution in [3.63, 3.8) is 0 Å². The molecule has 2 aromatic rings. The Hall–Kier alpha value is -3.82. The van der Waals surface area contributed by atoms with Gasteiger partial charge in [0, 0.05) is 29.7 Å². The molecule has 2 heterocycles. The number of aromatic hydroxyl groups is 1. The van der Waals surface area contributed by atoms with Crippen LogP contribution >= 0.6 is 15.9 Å². The summed E-state index contributed by atoms with van der Waals surface area (Å²) in [6.07, 6.45) is 6.30. The van der Waals surface area contributed by atoms with E-state index in [0.29, 0.717) is 32.7 Å². The molecule has 0 bridgehead atoms. The Labute approximate surface area is 263 Å². The van der Waals surface area contributed by atoms with E-state index in [1.807, 2.05) is 0 Å². The van der Waals surface area contributed by atoms with Crippen LogP contribution in [0.25, 0.3) is 6.08 Å². The van der Waals surface area contributed by atoms with Crippen LogP contribution in [0.15, 0.2) is 64.8 Å². The summed E-state index contributed by atoms with van der Waals surface area (Å²) >= 11 is 3.54. The van der Waals surface area contributed by atoms with Gasteiger partial charge in [-0.3, -0.25) is 0 Å². The minimum absolute atomic E-state index is 0.0514. The van der Waals surface area contributed by atoms with Crippen LogP contribution in [0.5, 0.6) is 17.2 Å². The number of hydrogen-bond donors (Lipinski definition) is 1. The lowest BCUT2D eigenvalue weighted by Gasteiger charge is -2.33. The molecule has 0 radical (unpaired) electrons. The molecule has 0 amide bonds. The highest BCUT2D eigenvalue weighted by atomic mass is 79.9. The first-order chi connectivity index (χ1) is 20.6. The van der Waals surface area contributed by atoms with Gasteiger partial charge in [0.15, 0.2) is 31.2 Å². The average molecular weight is 713 g/mol. The second-order valence-electron chi connectivity index (χ2n) is 10.1. The van der Waals surface area contributed by atoms with Crippen LogP contribution in [0.1, 0.15) is 22.7 Å².